The summed E-state index contributed by atoms with van der Waals surface area (Å²) in [5.74, 6) is -2.20. The molecule has 4 aromatic carbocycles. The van der Waals surface area contributed by atoms with Crippen LogP contribution in [-0.2, 0) is 30.3 Å². The molecule has 75 heavy (non-hydrogen) atoms. The van der Waals surface area contributed by atoms with Gasteiger partial charge in [0.15, 0.2) is 5.78 Å². The molecule has 0 radical (unpaired) electrons. The van der Waals surface area contributed by atoms with Crippen LogP contribution >= 0.6 is 11.6 Å². The molecule has 0 saturated carbocycles. The van der Waals surface area contributed by atoms with E-state index >= 15 is 0 Å². The van der Waals surface area contributed by atoms with Crippen molar-refractivity contribution in [1.82, 2.24) is 29.6 Å². The number of carbonyl (C=O) groups excluding carboxylic acids is 5. The zero-order valence-corrected chi connectivity index (χ0v) is 42.8. The molecular weight excluding hydrogens is 984 g/mol. The Bertz CT molecular complexity index is 3000. The van der Waals surface area contributed by atoms with E-state index in [2.05, 4.69) is 30.3 Å². The maximum atomic E-state index is 13.6. The average molecular weight is 1050 g/mol. The number of piperidine rings is 2. The first kappa shape index (κ1) is 53.0. The minimum absolute atomic E-state index is 0.0166. The lowest BCUT2D eigenvalue weighted by atomic mass is 10.0. The molecule has 0 aliphatic carbocycles. The number of phenolic OH excluding ortho intramolecular Hbond substituents is 1. The summed E-state index contributed by atoms with van der Waals surface area (Å²) in [4.78, 5) is 87.8. The molecule has 4 N–H and O–H groups in total. The van der Waals surface area contributed by atoms with Crippen molar-refractivity contribution in [2.24, 2.45) is 0 Å². The Morgan fingerprint density at radius 3 is 2.39 bits per heavy atom. The molecule has 396 valence electrons. The molecule has 3 fully saturated rings. The standard InChI is InChI=1S/C55H63ClN8O11/c1-2-75-49-33-48(66)41(31-37(49)34-61-19-6-7-39(35-61)63-45-11-4-3-9-43(45)58-55(63)71)47(65)16-13-36-12-14-38(32-42(36)56)62-22-20-60(21-23-62)24-26-73-28-30-74-29-27-72-25-18-57-44-10-5-8-40-51(44)54(70)64(53(40)69)46-15-17-50(67)59-52(46)68/h3-5,8-14,16,31-33,39,46,57,66H,2,6-7,15,17-30,34-35H2,1H3,(H,58,71)(H,59,67,68)/b16-13+. The summed E-state index contributed by atoms with van der Waals surface area (Å²) in [6.07, 6.45) is 5.03. The topological polar surface area (TPSA) is 217 Å². The molecule has 9 rings (SSSR count). The summed E-state index contributed by atoms with van der Waals surface area (Å²) >= 11 is 6.78. The molecule has 1 aromatic heterocycles. The van der Waals surface area contributed by atoms with Gasteiger partial charge in [-0.05, 0) is 92.9 Å². The third-order valence-electron chi connectivity index (χ3n) is 14.1. The van der Waals surface area contributed by atoms with E-state index in [1.807, 2.05) is 54.0 Å². The molecular formula is C55H63ClN8O11. The van der Waals surface area contributed by atoms with Crippen LogP contribution in [0.1, 0.15) is 80.8 Å². The van der Waals surface area contributed by atoms with Gasteiger partial charge in [0.1, 0.15) is 17.5 Å². The SMILES string of the molecule is CCOc1cc(O)c(C(=O)/C=C/c2ccc(N3CCN(CCOCCOCCOCCNc4cccc5c4C(=O)N(C4CCC(=O)NC4=O)C5=O)CC3)cc2Cl)cc1CN1CCCC(n2c(=O)[nH]c3ccccc32)C1. The number of imidazole rings is 1. The number of carbonyl (C=O) groups is 5. The predicted octanol–water partition coefficient (Wildman–Crippen LogP) is 5.51. The number of phenols is 1. The molecule has 20 heteroatoms. The highest BCUT2D eigenvalue weighted by Crippen LogP contribution is 2.35. The highest BCUT2D eigenvalue weighted by Gasteiger charge is 2.45. The molecule has 4 aliphatic rings. The number of hydrogen-bond acceptors (Lipinski definition) is 15. The number of rotatable bonds is 23. The fraction of sp³-hybridized carbons (Fsp3) is 0.418. The summed E-state index contributed by atoms with van der Waals surface area (Å²) < 4.78 is 25.0. The number of nitrogens with one attached hydrogen (secondary N) is 3. The molecule has 4 amide bonds. The number of piperazine rings is 1. The summed E-state index contributed by atoms with van der Waals surface area (Å²) in [5, 5.41) is 16.9. The number of aromatic nitrogens is 2. The molecule has 5 heterocycles. The minimum Gasteiger partial charge on any atom is -0.507 e. The van der Waals surface area contributed by atoms with Crippen LogP contribution in [0.5, 0.6) is 11.5 Å². The van der Waals surface area contributed by atoms with Gasteiger partial charge in [0.05, 0.1) is 80.0 Å². The number of H-pyrrole nitrogens is 1. The van der Waals surface area contributed by atoms with Crippen molar-refractivity contribution >= 4 is 69.5 Å². The van der Waals surface area contributed by atoms with Crippen molar-refractivity contribution in [3.05, 3.63) is 122 Å². The third-order valence-corrected chi connectivity index (χ3v) is 14.4. The number of ether oxygens (including phenoxy) is 4. The van der Waals surface area contributed by atoms with Gasteiger partial charge in [-0.15, -0.1) is 0 Å². The fourth-order valence-electron chi connectivity index (χ4n) is 10.3. The van der Waals surface area contributed by atoms with Crippen molar-refractivity contribution in [2.45, 2.75) is 51.2 Å². The van der Waals surface area contributed by atoms with E-state index in [1.54, 1.807) is 30.3 Å². The number of ketones is 1. The number of aromatic hydroxyl groups is 1. The van der Waals surface area contributed by atoms with Crippen molar-refractivity contribution in [3.8, 4) is 11.5 Å². The predicted molar refractivity (Wildman–Crippen MR) is 283 cm³/mol. The largest absolute Gasteiger partial charge is 0.507 e. The van der Waals surface area contributed by atoms with Crippen molar-refractivity contribution in [1.29, 1.82) is 0 Å². The summed E-state index contributed by atoms with van der Waals surface area (Å²) in [5.41, 5.74) is 5.08. The van der Waals surface area contributed by atoms with E-state index in [1.165, 1.54) is 12.1 Å². The van der Waals surface area contributed by atoms with Gasteiger partial charge in [0.25, 0.3) is 11.8 Å². The van der Waals surface area contributed by atoms with Crippen LogP contribution in [0.3, 0.4) is 0 Å². The Balaban J connectivity index is 0.656. The number of hydrogen-bond donors (Lipinski definition) is 4. The number of benzene rings is 4. The third kappa shape index (κ3) is 12.5. The molecule has 19 nitrogen and oxygen atoms in total. The van der Waals surface area contributed by atoms with Crippen LogP contribution < -0.4 is 26.0 Å². The number of nitrogens with zero attached hydrogens (tertiary/aromatic N) is 5. The number of aromatic amines is 1. The number of imide groups is 2. The van der Waals surface area contributed by atoms with E-state index in [9.17, 15) is 33.9 Å². The van der Waals surface area contributed by atoms with Crippen LogP contribution in [0.4, 0.5) is 11.4 Å². The number of halogens is 1. The lowest BCUT2D eigenvalue weighted by Gasteiger charge is -2.36. The van der Waals surface area contributed by atoms with Gasteiger partial charge >= 0.3 is 5.69 Å². The van der Waals surface area contributed by atoms with Gasteiger partial charge in [-0.2, -0.15) is 0 Å². The van der Waals surface area contributed by atoms with Crippen molar-refractivity contribution < 1.29 is 48.0 Å². The van der Waals surface area contributed by atoms with E-state index < -0.39 is 29.7 Å². The van der Waals surface area contributed by atoms with E-state index in [0.29, 0.717) is 87.9 Å². The van der Waals surface area contributed by atoms with Gasteiger partial charge in [0, 0.05) is 86.8 Å². The van der Waals surface area contributed by atoms with E-state index in [-0.39, 0.29) is 52.8 Å². The zero-order valence-electron chi connectivity index (χ0n) is 42.0. The molecule has 3 saturated heterocycles. The lowest BCUT2D eigenvalue weighted by Crippen LogP contribution is -2.54. The summed E-state index contributed by atoms with van der Waals surface area (Å²) in [7, 11) is 0. The van der Waals surface area contributed by atoms with Crippen molar-refractivity contribution in [2.75, 3.05) is 109 Å². The Kier molecular flexibility index (Phi) is 17.4. The minimum atomic E-state index is -1.02. The molecule has 0 spiro atoms. The summed E-state index contributed by atoms with van der Waals surface area (Å²) in [6.45, 7) is 11.3. The highest BCUT2D eigenvalue weighted by atomic mass is 35.5. The fourth-order valence-corrected chi connectivity index (χ4v) is 10.5. The van der Waals surface area contributed by atoms with Crippen LogP contribution in [0.15, 0.2) is 83.7 Å². The molecule has 2 atom stereocenters. The molecule has 2 unspecified atom stereocenters. The maximum absolute atomic E-state index is 13.6. The van der Waals surface area contributed by atoms with Gasteiger partial charge < -0.3 is 39.3 Å². The Morgan fingerprint density at radius 2 is 1.61 bits per heavy atom. The van der Waals surface area contributed by atoms with Gasteiger partial charge in [-0.3, -0.25) is 48.6 Å². The Labute approximate surface area is 439 Å². The van der Waals surface area contributed by atoms with Gasteiger partial charge in [0.2, 0.25) is 11.8 Å². The first-order valence-corrected chi connectivity index (χ1v) is 26.1. The monoisotopic (exact) mass is 1050 g/mol. The number of anilines is 2. The van der Waals surface area contributed by atoms with Crippen molar-refractivity contribution in [3.63, 3.8) is 0 Å². The zero-order chi connectivity index (χ0) is 52.4. The van der Waals surface area contributed by atoms with Crippen LogP contribution in [0.25, 0.3) is 17.1 Å². The molecule has 4 aliphatic heterocycles. The first-order valence-electron chi connectivity index (χ1n) is 25.7. The van der Waals surface area contributed by atoms with E-state index in [4.69, 9.17) is 30.5 Å². The number of para-hydroxylation sites is 2. The number of amides is 4. The maximum Gasteiger partial charge on any atom is 0.326 e. The van der Waals surface area contributed by atoms with Crippen LogP contribution in [0.2, 0.25) is 5.02 Å². The Hall–Kier alpha value is -6.87. The second-order valence-corrected chi connectivity index (χ2v) is 19.3. The van der Waals surface area contributed by atoms with E-state index in [0.717, 1.165) is 79.3 Å². The average Bonchev–Trinajstić information content (AvgIpc) is 3.88. The smallest absolute Gasteiger partial charge is 0.326 e. The number of allylic oxidation sites excluding steroid dienone is 1. The normalized spacial score (nSPS) is 18.6. The second-order valence-electron chi connectivity index (χ2n) is 18.9. The van der Waals surface area contributed by atoms with Crippen LogP contribution in [-0.4, -0.2) is 163 Å². The number of fused-ring (bicyclic) bond motifs is 2. The quantitative estimate of drug-likeness (QED) is 0.0275. The first-order chi connectivity index (χ1) is 36.5. The second kappa shape index (κ2) is 24.7. The van der Waals surface area contributed by atoms with Gasteiger partial charge in [-0.1, -0.05) is 35.9 Å². The summed E-state index contributed by atoms with van der Waals surface area (Å²) in [6, 6.07) is 20.6. The van der Waals surface area contributed by atoms with Crippen LogP contribution in [0, 0.1) is 0 Å². The molecule has 5 aromatic rings. The van der Waals surface area contributed by atoms with Gasteiger partial charge in [-0.25, -0.2) is 4.79 Å². The highest BCUT2D eigenvalue weighted by molar-refractivity contribution is 6.32. The number of likely N-dealkylation sites (tertiary alicyclic amines) is 1. The molecule has 0 bridgehead atoms. The Morgan fingerprint density at radius 1 is 0.840 bits per heavy atom. The lowest BCUT2D eigenvalue weighted by molar-refractivity contribution is -0.136.